The molecular formula is C31H38N4O4. The lowest BCUT2D eigenvalue weighted by Crippen LogP contribution is -2.42. The van der Waals surface area contributed by atoms with Crippen molar-refractivity contribution in [1.82, 2.24) is 9.88 Å². The van der Waals surface area contributed by atoms with Gasteiger partial charge in [-0.2, -0.15) is 4.99 Å². The predicted octanol–water partition coefficient (Wildman–Crippen LogP) is 5.51. The third-order valence-corrected chi connectivity index (χ3v) is 6.06. The zero-order valence-electron chi connectivity index (χ0n) is 23.2. The molecule has 2 amide bonds. The molecule has 0 fully saturated rings. The quantitative estimate of drug-likeness (QED) is 0.177. The SMILES string of the molecule is CC(C)N(C(=O)c1ccc(OCCCCCOc2ccc(/C(N)=N\C(=O)c3cccnc3)cc2)cc1)C(C)C. The van der Waals surface area contributed by atoms with Gasteiger partial charge in [0.1, 0.15) is 17.3 Å². The Labute approximate surface area is 230 Å². The van der Waals surface area contributed by atoms with Crippen LogP contribution >= 0.6 is 0 Å². The van der Waals surface area contributed by atoms with Crippen molar-refractivity contribution in [3.8, 4) is 11.5 Å². The van der Waals surface area contributed by atoms with Crippen LogP contribution in [0.2, 0.25) is 0 Å². The number of hydrogen-bond donors (Lipinski definition) is 1. The second kappa shape index (κ2) is 14.7. The lowest BCUT2D eigenvalue weighted by atomic mass is 10.1. The monoisotopic (exact) mass is 530 g/mol. The third kappa shape index (κ3) is 8.95. The van der Waals surface area contributed by atoms with Crippen LogP contribution in [0.1, 0.15) is 73.2 Å². The molecule has 1 heterocycles. The van der Waals surface area contributed by atoms with Gasteiger partial charge in [-0.1, -0.05) is 0 Å². The van der Waals surface area contributed by atoms with Crippen LogP contribution in [0.15, 0.2) is 78.0 Å². The highest BCUT2D eigenvalue weighted by Gasteiger charge is 2.21. The number of rotatable bonds is 13. The Balaban J connectivity index is 1.34. The van der Waals surface area contributed by atoms with E-state index in [1.807, 2.05) is 69.0 Å². The summed E-state index contributed by atoms with van der Waals surface area (Å²) in [5.41, 5.74) is 7.69. The van der Waals surface area contributed by atoms with E-state index in [1.54, 1.807) is 30.5 Å². The molecule has 0 spiro atoms. The fourth-order valence-corrected chi connectivity index (χ4v) is 4.12. The Bertz CT molecular complexity index is 1220. The van der Waals surface area contributed by atoms with Gasteiger partial charge in [-0.05, 0) is 108 Å². The van der Waals surface area contributed by atoms with Crippen LogP contribution in [0.4, 0.5) is 0 Å². The van der Waals surface area contributed by atoms with Gasteiger partial charge in [0.15, 0.2) is 0 Å². The van der Waals surface area contributed by atoms with Gasteiger partial charge in [0.2, 0.25) is 0 Å². The molecule has 0 saturated carbocycles. The average molecular weight is 531 g/mol. The number of aromatic nitrogens is 1. The molecule has 0 saturated heterocycles. The minimum absolute atomic E-state index is 0.0358. The number of nitrogens with zero attached hydrogens (tertiary/aromatic N) is 3. The number of amidine groups is 1. The molecule has 1 aromatic heterocycles. The molecule has 2 N–H and O–H groups in total. The largest absolute Gasteiger partial charge is 0.494 e. The molecule has 2 aromatic carbocycles. The molecule has 206 valence electrons. The molecule has 0 aliphatic rings. The first-order chi connectivity index (χ1) is 18.8. The van der Waals surface area contributed by atoms with Gasteiger partial charge >= 0.3 is 0 Å². The number of hydrogen-bond acceptors (Lipinski definition) is 5. The first-order valence-electron chi connectivity index (χ1n) is 13.3. The number of carbonyl (C=O) groups is 2. The van der Waals surface area contributed by atoms with E-state index in [4.69, 9.17) is 15.2 Å². The molecule has 39 heavy (non-hydrogen) atoms. The van der Waals surface area contributed by atoms with Gasteiger partial charge in [-0.15, -0.1) is 0 Å². The van der Waals surface area contributed by atoms with Crippen LogP contribution < -0.4 is 15.2 Å². The molecule has 3 rings (SSSR count). The van der Waals surface area contributed by atoms with E-state index in [0.29, 0.717) is 29.9 Å². The van der Waals surface area contributed by atoms with Crippen molar-refractivity contribution in [3.63, 3.8) is 0 Å². The number of ether oxygens (including phenoxy) is 2. The van der Waals surface area contributed by atoms with E-state index in [2.05, 4.69) is 9.98 Å². The van der Waals surface area contributed by atoms with Crippen LogP contribution in [0.5, 0.6) is 11.5 Å². The molecule has 0 bridgehead atoms. The zero-order valence-corrected chi connectivity index (χ0v) is 23.2. The molecule has 8 heteroatoms. The Kier molecular flexibility index (Phi) is 11.0. The van der Waals surface area contributed by atoms with Gasteiger partial charge in [0, 0.05) is 35.6 Å². The van der Waals surface area contributed by atoms with Crippen molar-refractivity contribution in [3.05, 3.63) is 89.7 Å². The molecule has 0 unspecified atom stereocenters. The van der Waals surface area contributed by atoms with Crippen LogP contribution in [-0.4, -0.2) is 52.8 Å². The maximum atomic E-state index is 12.8. The van der Waals surface area contributed by atoms with Gasteiger partial charge < -0.3 is 20.1 Å². The van der Waals surface area contributed by atoms with Crippen LogP contribution in [-0.2, 0) is 0 Å². The lowest BCUT2D eigenvalue weighted by molar-refractivity contribution is 0.0643. The number of unbranched alkanes of at least 4 members (excludes halogenated alkanes) is 2. The number of benzene rings is 2. The first kappa shape index (κ1) is 29.4. The highest BCUT2D eigenvalue weighted by molar-refractivity contribution is 6.08. The van der Waals surface area contributed by atoms with Crippen molar-refractivity contribution < 1.29 is 19.1 Å². The Hall–Kier alpha value is -4.20. The minimum Gasteiger partial charge on any atom is -0.494 e. The normalized spacial score (nSPS) is 11.5. The zero-order chi connectivity index (χ0) is 28.2. The van der Waals surface area contributed by atoms with E-state index in [0.717, 1.165) is 30.8 Å². The van der Waals surface area contributed by atoms with E-state index >= 15 is 0 Å². The standard InChI is InChI=1S/C31H38N4O4/c1-22(2)35(23(3)4)31(37)25-12-16-28(17-13-25)39-20-7-5-6-19-38-27-14-10-24(11-15-27)29(32)34-30(36)26-9-8-18-33-21-26/h8-18,21-23H,5-7,19-20H2,1-4H3,(H2,32,34,36). The van der Waals surface area contributed by atoms with E-state index < -0.39 is 5.91 Å². The van der Waals surface area contributed by atoms with Crippen molar-refractivity contribution in [1.29, 1.82) is 0 Å². The first-order valence-corrected chi connectivity index (χ1v) is 13.3. The van der Waals surface area contributed by atoms with Crippen LogP contribution in [0.25, 0.3) is 0 Å². The fourth-order valence-electron chi connectivity index (χ4n) is 4.12. The second-order valence-electron chi connectivity index (χ2n) is 9.75. The summed E-state index contributed by atoms with van der Waals surface area (Å²) in [5, 5.41) is 0. The number of nitrogens with two attached hydrogens (primary N) is 1. The fraction of sp³-hybridized carbons (Fsp3) is 0.355. The number of amides is 2. The predicted molar refractivity (Wildman–Crippen MR) is 153 cm³/mol. The number of carbonyl (C=O) groups excluding carboxylic acids is 2. The highest BCUT2D eigenvalue weighted by atomic mass is 16.5. The summed E-state index contributed by atoms with van der Waals surface area (Å²) in [7, 11) is 0. The summed E-state index contributed by atoms with van der Waals surface area (Å²) in [6.07, 6.45) is 5.80. The summed E-state index contributed by atoms with van der Waals surface area (Å²) < 4.78 is 11.6. The summed E-state index contributed by atoms with van der Waals surface area (Å²) >= 11 is 0. The van der Waals surface area contributed by atoms with E-state index in [1.165, 1.54) is 6.20 Å². The maximum Gasteiger partial charge on any atom is 0.280 e. The summed E-state index contributed by atoms with van der Waals surface area (Å²) in [5.74, 6) is 1.23. The Morgan fingerprint density at radius 2 is 1.33 bits per heavy atom. The molecule has 0 atom stereocenters. The van der Waals surface area contributed by atoms with Crippen molar-refractivity contribution in [2.24, 2.45) is 10.7 Å². The summed E-state index contributed by atoms with van der Waals surface area (Å²) in [6.45, 7) is 9.29. The van der Waals surface area contributed by atoms with Gasteiger partial charge in [-0.3, -0.25) is 14.6 Å². The second-order valence-corrected chi connectivity index (χ2v) is 9.75. The molecule has 0 aliphatic carbocycles. The minimum atomic E-state index is -0.434. The van der Waals surface area contributed by atoms with Crippen molar-refractivity contribution in [2.45, 2.75) is 59.0 Å². The molecule has 8 nitrogen and oxygen atoms in total. The maximum absolute atomic E-state index is 12.8. The average Bonchev–Trinajstić information content (AvgIpc) is 2.93. The van der Waals surface area contributed by atoms with Crippen LogP contribution in [0.3, 0.4) is 0 Å². The number of pyridine rings is 1. The summed E-state index contributed by atoms with van der Waals surface area (Å²) in [6, 6.07) is 18.1. The van der Waals surface area contributed by atoms with Crippen molar-refractivity contribution >= 4 is 17.6 Å². The lowest BCUT2D eigenvalue weighted by Gasteiger charge is -2.30. The molecule has 0 radical (unpaired) electrons. The Morgan fingerprint density at radius 3 is 1.82 bits per heavy atom. The topological polar surface area (TPSA) is 107 Å². The van der Waals surface area contributed by atoms with E-state index in [-0.39, 0.29) is 23.8 Å². The van der Waals surface area contributed by atoms with Gasteiger partial charge in [0.25, 0.3) is 11.8 Å². The molecule has 3 aromatic rings. The van der Waals surface area contributed by atoms with Crippen molar-refractivity contribution in [2.75, 3.05) is 13.2 Å². The molecule has 0 aliphatic heterocycles. The molecular weight excluding hydrogens is 492 g/mol. The number of aliphatic imine (C=N–C) groups is 1. The van der Waals surface area contributed by atoms with Crippen LogP contribution in [0, 0.1) is 0 Å². The highest BCUT2D eigenvalue weighted by Crippen LogP contribution is 2.17. The van der Waals surface area contributed by atoms with Gasteiger partial charge in [-0.25, -0.2) is 0 Å². The smallest absolute Gasteiger partial charge is 0.280 e. The third-order valence-electron chi connectivity index (χ3n) is 6.06. The summed E-state index contributed by atoms with van der Waals surface area (Å²) in [4.78, 5) is 34.7. The Morgan fingerprint density at radius 1 is 0.795 bits per heavy atom. The van der Waals surface area contributed by atoms with E-state index in [9.17, 15) is 9.59 Å². The van der Waals surface area contributed by atoms with Gasteiger partial charge in [0.05, 0.1) is 18.8 Å².